The van der Waals surface area contributed by atoms with Crippen molar-refractivity contribution in [2.45, 2.75) is 19.4 Å². The van der Waals surface area contributed by atoms with Gasteiger partial charge in [-0.25, -0.2) is 14.4 Å². The van der Waals surface area contributed by atoms with Crippen molar-refractivity contribution >= 4 is 23.2 Å². The first-order chi connectivity index (χ1) is 16.2. The molecular weight excluding hydrogens is 464 g/mol. The van der Waals surface area contributed by atoms with Crippen molar-refractivity contribution in [1.82, 2.24) is 14.6 Å². The van der Waals surface area contributed by atoms with E-state index in [0.717, 1.165) is 4.57 Å². The highest BCUT2D eigenvalue weighted by molar-refractivity contribution is 6.30. The Kier molecular flexibility index (Phi) is 6.16. The van der Waals surface area contributed by atoms with Crippen molar-refractivity contribution in [3.63, 3.8) is 0 Å². The van der Waals surface area contributed by atoms with E-state index in [1.54, 1.807) is 36.4 Å². The molecule has 1 aliphatic heterocycles. The Labute approximate surface area is 198 Å². The molecule has 11 heteroatoms. The van der Waals surface area contributed by atoms with Gasteiger partial charge in [-0.05, 0) is 30.3 Å². The maximum atomic E-state index is 12.7. The molecule has 1 amide bonds. The van der Waals surface area contributed by atoms with Crippen molar-refractivity contribution in [2.24, 2.45) is 5.10 Å². The number of aromatic nitrogens is 2. The van der Waals surface area contributed by atoms with Gasteiger partial charge in [0.05, 0.1) is 31.7 Å². The van der Waals surface area contributed by atoms with E-state index in [0.29, 0.717) is 22.1 Å². The zero-order chi connectivity index (χ0) is 24.6. The number of aromatic amines is 1. The number of halogens is 1. The Bertz CT molecular complexity index is 1430. The van der Waals surface area contributed by atoms with Crippen molar-refractivity contribution < 1.29 is 19.4 Å². The number of ether oxygens (including phenoxy) is 2. The fourth-order valence-corrected chi connectivity index (χ4v) is 4.11. The van der Waals surface area contributed by atoms with Gasteiger partial charge >= 0.3 is 5.69 Å². The number of methoxy groups -OCH3 is 2. The van der Waals surface area contributed by atoms with Crippen LogP contribution in [0.15, 0.2) is 57.2 Å². The van der Waals surface area contributed by atoms with E-state index in [1.165, 1.54) is 32.2 Å². The summed E-state index contributed by atoms with van der Waals surface area (Å²) in [6, 6.07) is 10.8. The summed E-state index contributed by atoms with van der Waals surface area (Å²) < 4.78 is 11.6. The first kappa shape index (κ1) is 23.1. The number of amides is 1. The third-order valence-corrected chi connectivity index (χ3v) is 5.71. The largest absolute Gasteiger partial charge is 0.497 e. The van der Waals surface area contributed by atoms with E-state index in [1.807, 2.05) is 0 Å². The number of rotatable bonds is 5. The van der Waals surface area contributed by atoms with E-state index in [2.05, 4.69) is 10.1 Å². The number of hydrogen-bond acceptors (Lipinski definition) is 7. The minimum absolute atomic E-state index is 0.0899. The standard InChI is InChI=1S/C23H21ClN4O6/c1-12(29)28-18(16-8-7-15(33-2)10-19(16)34-3)11-17(26-28)20-21(30)25-23(32)27(22(20)31)14-6-4-5-13(24)9-14/h4-10,18,31H,11H2,1-3H3,(H,25,30,32). The topological polar surface area (TPSA) is 126 Å². The summed E-state index contributed by atoms with van der Waals surface area (Å²) in [5.74, 6) is 0.0449. The summed E-state index contributed by atoms with van der Waals surface area (Å²) >= 11 is 6.03. The van der Waals surface area contributed by atoms with E-state index >= 15 is 0 Å². The molecule has 0 bridgehead atoms. The predicted molar refractivity (Wildman–Crippen MR) is 125 cm³/mol. The Morgan fingerprint density at radius 2 is 1.94 bits per heavy atom. The number of benzene rings is 2. The Balaban J connectivity index is 1.84. The van der Waals surface area contributed by atoms with Crippen molar-refractivity contribution in [3.8, 4) is 23.1 Å². The molecule has 1 atom stereocenters. The summed E-state index contributed by atoms with van der Waals surface area (Å²) in [7, 11) is 3.02. The maximum Gasteiger partial charge on any atom is 0.335 e. The molecule has 4 rings (SSSR count). The normalized spacial score (nSPS) is 15.2. The highest BCUT2D eigenvalue weighted by Crippen LogP contribution is 2.39. The molecule has 176 valence electrons. The van der Waals surface area contributed by atoms with Gasteiger partial charge in [0.25, 0.3) is 5.56 Å². The fourth-order valence-electron chi connectivity index (χ4n) is 3.93. The van der Waals surface area contributed by atoms with Crippen LogP contribution in [0, 0.1) is 0 Å². The summed E-state index contributed by atoms with van der Waals surface area (Å²) in [5, 5.41) is 16.9. The minimum atomic E-state index is -0.844. The maximum absolute atomic E-state index is 12.7. The molecule has 34 heavy (non-hydrogen) atoms. The lowest BCUT2D eigenvalue weighted by Gasteiger charge is -2.22. The van der Waals surface area contributed by atoms with Gasteiger partial charge in [-0.15, -0.1) is 0 Å². The first-order valence-electron chi connectivity index (χ1n) is 10.2. The van der Waals surface area contributed by atoms with Crippen LogP contribution in [0.1, 0.15) is 30.5 Å². The average molecular weight is 485 g/mol. The molecule has 1 aromatic heterocycles. The first-order valence-corrected chi connectivity index (χ1v) is 10.6. The van der Waals surface area contributed by atoms with Crippen LogP contribution in [-0.2, 0) is 4.79 Å². The molecule has 2 aromatic carbocycles. The van der Waals surface area contributed by atoms with E-state index in [9.17, 15) is 19.5 Å². The lowest BCUT2D eigenvalue weighted by molar-refractivity contribution is -0.130. The number of aromatic hydroxyl groups is 1. The van der Waals surface area contributed by atoms with Gasteiger partial charge < -0.3 is 14.6 Å². The van der Waals surface area contributed by atoms with Crippen LogP contribution in [0.4, 0.5) is 0 Å². The van der Waals surface area contributed by atoms with Gasteiger partial charge in [-0.3, -0.25) is 14.6 Å². The van der Waals surface area contributed by atoms with Gasteiger partial charge in [0.15, 0.2) is 0 Å². The molecule has 1 unspecified atom stereocenters. The van der Waals surface area contributed by atoms with E-state index in [4.69, 9.17) is 21.1 Å². The number of nitrogens with zero attached hydrogens (tertiary/aromatic N) is 3. The van der Waals surface area contributed by atoms with Crippen molar-refractivity contribution in [1.29, 1.82) is 0 Å². The number of carbonyl (C=O) groups excluding carboxylic acids is 1. The summed E-state index contributed by atoms with van der Waals surface area (Å²) in [5.41, 5.74) is -0.873. The molecule has 0 spiro atoms. The summed E-state index contributed by atoms with van der Waals surface area (Å²) in [4.78, 5) is 39.9. The molecule has 10 nitrogen and oxygen atoms in total. The quantitative estimate of drug-likeness (QED) is 0.573. The molecule has 1 aliphatic rings. The molecule has 2 heterocycles. The molecule has 3 aromatic rings. The smallest absolute Gasteiger partial charge is 0.335 e. The van der Waals surface area contributed by atoms with E-state index in [-0.39, 0.29) is 29.3 Å². The predicted octanol–water partition coefficient (Wildman–Crippen LogP) is 2.60. The van der Waals surface area contributed by atoms with Crippen LogP contribution < -0.4 is 20.7 Å². The van der Waals surface area contributed by atoms with Gasteiger partial charge in [0.2, 0.25) is 11.8 Å². The Morgan fingerprint density at radius 3 is 2.59 bits per heavy atom. The van der Waals surface area contributed by atoms with Crippen LogP contribution in [0.5, 0.6) is 17.4 Å². The number of nitrogens with one attached hydrogen (secondary N) is 1. The van der Waals surface area contributed by atoms with Gasteiger partial charge in [-0.2, -0.15) is 5.10 Å². The number of hydrogen-bond donors (Lipinski definition) is 2. The molecule has 2 N–H and O–H groups in total. The Morgan fingerprint density at radius 1 is 1.18 bits per heavy atom. The van der Waals surface area contributed by atoms with Gasteiger partial charge in [0, 0.05) is 30.0 Å². The molecular formula is C23H21ClN4O6. The zero-order valence-corrected chi connectivity index (χ0v) is 19.3. The van der Waals surface area contributed by atoms with Gasteiger partial charge in [-0.1, -0.05) is 17.7 Å². The van der Waals surface area contributed by atoms with E-state index < -0.39 is 23.2 Å². The van der Waals surface area contributed by atoms with Crippen molar-refractivity contribution in [3.05, 3.63) is 79.5 Å². The van der Waals surface area contributed by atoms with Crippen LogP contribution >= 0.6 is 11.6 Å². The lowest BCUT2D eigenvalue weighted by Crippen LogP contribution is -2.33. The summed E-state index contributed by atoms with van der Waals surface area (Å²) in [6.07, 6.45) is 0.0899. The molecule has 0 fully saturated rings. The monoisotopic (exact) mass is 484 g/mol. The second-order valence-corrected chi connectivity index (χ2v) is 7.95. The molecule has 0 aliphatic carbocycles. The second kappa shape index (κ2) is 9.06. The highest BCUT2D eigenvalue weighted by Gasteiger charge is 2.36. The zero-order valence-electron chi connectivity index (χ0n) is 18.5. The van der Waals surface area contributed by atoms with Gasteiger partial charge in [0.1, 0.15) is 17.1 Å². The molecule has 0 saturated heterocycles. The minimum Gasteiger partial charge on any atom is -0.497 e. The SMILES string of the molecule is COc1ccc(C2CC(c3c(O)n(-c4cccc(Cl)c4)c(=O)[nH]c3=O)=NN2C(C)=O)c(OC)c1. The lowest BCUT2D eigenvalue weighted by atomic mass is 9.98. The Hall–Kier alpha value is -4.05. The highest BCUT2D eigenvalue weighted by atomic mass is 35.5. The number of carbonyl (C=O) groups is 1. The summed E-state index contributed by atoms with van der Waals surface area (Å²) in [6.45, 7) is 1.34. The van der Waals surface area contributed by atoms with Crippen molar-refractivity contribution in [2.75, 3.05) is 14.2 Å². The second-order valence-electron chi connectivity index (χ2n) is 7.51. The van der Waals surface area contributed by atoms with Crippen LogP contribution in [0.2, 0.25) is 5.02 Å². The number of hydrazone groups is 1. The van der Waals surface area contributed by atoms with Crippen LogP contribution in [0.3, 0.4) is 0 Å². The third kappa shape index (κ3) is 4.03. The van der Waals surface area contributed by atoms with Crippen LogP contribution in [-0.4, -0.2) is 45.5 Å². The van der Waals surface area contributed by atoms with Crippen LogP contribution in [0.25, 0.3) is 5.69 Å². The molecule has 0 saturated carbocycles. The number of H-pyrrole nitrogens is 1. The average Bonchev–Trinajstić information content (AvgIpc) is 3.23. The molecule has 0 radical (unpaired) electrons. The third-order valence-electron chi connectivity index (χ3n) is 5.47. The fraction of sp³-hybridized carbons (Fsp3) is 0.217.